The molecule has 1 amide bonds. The van der Waals surface area contributed by atoms with Gasteiger partial charge in [-0.1, -0.05) is 6.92 Å². The Balaban J connectivity index is 0.00000361. The van der Waals surface area contributed by atoms with Crippen molar-refractivity contribution in [3.63, 3.8) is 0 Å². The lowest BCUT2D eigenvalue weighted by Gasteiger charge is -2.29. The Morgan fingerprint density at radius 1 is 1.35 bits per heavy atom. The molecular formula is C15H31ClN2O2. The summed E-state index contributed by atoms with van der Waals surface area (Å²) >= 11 is 0. The Hall–Kier alpha value is -0.320. The lowest BCUT2D eigenvalue weighted by molar-refractivity contribution is -0.133. The van der Waals surface area contributed by atoms with E-state index < -0.39 is 0 Å². The van der Waals surface area contributed by atoms with Crippen LogP contribution in [-0.4, -0.2) is 50.2 Å². The number of amides is 1. The number of ether oxygens (including phenoxy) is 1. The molecule has 1 rings (SSSR count). The van der Waals surface area contributed by atoms with Gasteiger partial charge in [0.25, 0.3) is 0 Å². The number of piperidine rings is 1. The summed E-state index contributed by atoms with van der Waals surface area (Å²) in [7, 11) is 0. The van der Waals surface area contributed by atoms with Crippen molar-refractivity contribution in [3.05, 3.63) is 0 Å². The number of hydrogen-bond donors (Lipinski definition) is 1. The van der Waals surface area contributed by atoms with E-state index in [4.69, 9.17) is 4.74 Å². The van der Waals surface area contributed by atoms with Gasteiger partial charge in [0, 0.05) is 26.1 Å². The first-order valence-corrected chi connectivity index (χ1v) is 7.75. The molecule has 1 atom stereocenters. The van der Waals surface area contributed by atoms with Crippen molar-refractivity contribution in [1.29, 1.82) is 0 Å². The minimum Gasteiger partial charge on any atom is -0.380 e. The summed E-state index contributed by atoms with van der Waals surface area (Å²) in [4.78, 5) is 14.2. The Labute approximate surface area is 130 Å². The van der Waals surface area contributed by atoms with Crippen molar-refractivity contribution in [3.8, 4) is 0 Å². The van der Waals surface area contributed by atoms with Gasteiger partial charge in [-0.3, -0.25) is 4.79 Å². The second-order valence-corrected chi connectivity index (χ2v) is 5.44. The molecule has 0 aromatic heterocycles. The predicted molar refractivity (Wildman–Crippen MR) is 85.4 cm³/mol. The Bertz CT molecular complexity index is 258. The van der Waals surface area contributed by atoms with Crippen LogP contribution in [0, 0.1) is 11.8 Å². The molecule has 1 unspecified atom stereocenters. The van der Waals surface area contributed by atoms with E-state index in [1.807, 2.05) is 18.7 Å². The number of likely N-dealkylation sites (N-methyl/N-ethyl adjacent to an activating group) is 1. The van der Waals surface area contributed by atoms with Gasteiger partial charge in [-0.15, -0.1) is 12.4 Å². The van der Waals surface area contributed by atoms with E-state index in [1.165, 1.54) is 12.8 Å². The van der Waals surface area contributed by atoms with Gasteiger partial charge < -0.3 is 15.0 Å². The van der Waals surface area contributed by atoms with Crippen molar-refractivity contribution in [2.24, 2.45) is 11.8 Å². The van der Waals surface area contributed by atoms with Crippen LogP contribution in [-0.2, 0) is 9.53 Å². The highest BCUT2D eigenvalue weighted by atomic mass is 35.5. The van der Waals surface area contributed by atoms with E-state index >= 15 is 0 Å². The van der Waals surface area contributed by atoms with E-state index in [-0.39, 0.29) is 18.3 Å². The van der Waals surface area contributed by atoms with Crippen LogP contribution in [0.15, 0.2) is 0 Å². The minimum absolute atomic E-state index is 0. The molecule has 4 nitrogen and oxygen atoms in total. The Kier molecular flexibility index (Phi) is 11.2. The van der Waals surface area contributed by atoms with Gasteiger partial charge >= 0.3 is 0 Å². The standard InChI is InChI=1S/C15H30N2O2.ClH/c1-4-17(10-11-19-5-2)15(18)12-13(3)14-6-8-16-9-7-14;/h13-14,16H,4-12H2,1-3H3;1H. The Morgan fingerprint density at radius 3 is 2.55 bits per heavy atom. The van der Waals surface area contributed by atoms with Crippen LogP contribution in [0.2, 0.25) is 0 Å². The van der Waals surface area contributed by atoms with Crippen LogP contribution in [0.4, 0.5) is 0 Å². The first-order valence-electron chi connectivity index (χ1n) is 7.75. The molecule has 1 heterocycles. The van der Waals surface area contributed by atoms with Crippen molar-refractivity contribution < 1.29 is 9.53 Å². The number of nitrogens with one attached hydrogen (secondary N) is 1. The molecular weight excluding hydrogens is 276 g/mol. The summed E-state index contributed by atoms with van der Waals surface area (Å²) in [6.45, 7) is 11.3. The molecule has 0 aromatic carbocycles. The number of halogens is 1. The smallest absolute Gasteiger partial charge is 0.222 e. The fourth-order valence-corrected chi connectivity index (χ4v) is 2.76. The zero-order valence-corrected chi connectivity index (χ0v) is 14.0. The fraction of sp³-hybridized carbons (Fsp3) is 0.933. The average Bonchev–Trinajstić information content (AvgIpc) is 2.44. The maximum absolute atomic E-state index is 12.3. The SMILES string of the molecule is CCOCCN(CC)C(=O)CC(C)C1CCNCC1.Cl. The largest absolute Gasteiger partial charge is 0.380 e. The quantitative estimate of drug-likeness (QED) is 0.700. The number of carbonyl (C=O) groups is 1. The van der Waals surface area contributed by atoms with Gasteiger partial charge in [0.1, 0.15) is 0 Å². The van der Waals surface area contributed by atoms with Crippen molar-refractivity contribution in [2.45, 2.75) is 40.0 Å². The monoisotopic (exact) mass is 306 g/mol. The van der Waals surface area contributed by atoms with Crippen molar-refractivity contribution in [1.82, 2.24) is 10.2 Å². The molecule has 5 heteroatoms. The third kappa shape index (κ3) is 6.91. The number of hydrogen-bond acceptors (Lipinski definition) is 3. The molecule has 1 aliphatic heterocycles. The highest BCUT2D eigenvalue weighted by Crippen LogP contribution is 2.24. The lowest BCUT2D eigenvalue weighted by atomic mass is 9.84. The Morgan fingerprint density at radius 2 is 2.00 bits per heavy atom. The van der Waals surface area contributed by atoms with Crippen LogP contribution in [0.25, 0.3) is 0 Å². The van der Waals surface area contributed by atoms with Gasteiger partial charge in [0.2, 0.25) is 5.91 Å². The number of nitrogens with zero attached hydrogens (tertiary/aromatic N) is 1. The summed E-state index contributed by atoms with van der Waals surface area (Å²) in [6, 6.07) is 0. The highest BCUT2D eigenvalue weighted by molar-refractivity contribution is 5.85. The summed E-state index contributed by atoms with van der Waals surface area (Å²) in [5.41, 5.74) is 0. The molecule has 1 aliphatic rings. The van der Waals surface area contributed by atoms with E-state index in [2.05, 4.69) is 12.2 Å². The third-order valence-electron chi connectivity index (χ3n) is 4.13. The van der Waals surface area contributed by atoms with E-state index in [1.54, 1.807) is 0 Å². The predicted octanol–water partition coefficient (Wildman–Crippen LogP) is 2.32. The molecule has 0 bridgehead atoms. The van der Waals surface area contributed by atoms with Gasteiger partial charge in [-0.05, 0) is 51.6 Å². The topological polar surface area (TPSA) is 41.6 Å². The molecule has 0 saturated carbocycles. The summed E-state index contributed by atoms with van der Waals surface area (Å²) < 4.78 is 5.34. The molecule has 0 aromatic rings. The minimum atomic E-state index is 0. The average molecular weight is 307 g/mol. The van der Waals surface area contributed by atoms with E-state index in [0.29, 0.717) is 24.9 Å². The molecule has 1 fully saturated rings. The summed E-state index contributed by atoms with van der Waals surface area (Å²) in [6.07, 6.45) is 3.10. The first kappa shape index (κ1) is 19.7. The molecule has 120 valence electrons. The van der Waals surface area contributed by atoms with Crippen LogP contribution in [0.3, 0.4) is 0 Å². The van der Waals surface area contributed by atoms with E-state index in [9.17, 15) is 4.79 Å². The second kappa shape index (κ2) is 11.4. The van der Waals surface area contributed by atoms with Crippen LogP contribution >= 0.6 is 12.4 Å². The molecule has 20 heavy (non-hydrogen) atoms. The maximum Gasteiger partial charge on any atom is 0.222 e. The normalized spacial score (nSPS) is 17.4. The summed E-state index contributed by atoms with van der Waals surface area (Å²) in [5.74, 6) is 1.49. The molecule has 1 N–H and O–H groups in total. The number of rotatable bonds is 8. The maximum atomic E-state index is 12.3. The van der Waals surface area contributed by atoms with Gasteiger partial charge in [0.05, 0.1) is 6.61 Å². The zero-order chi connectivity index (χ0) is 14.1. The van der Waals surface area contributed by atoms with Crippen LogP contribution in [0.1, 0.15) is 40.0 Å². The van der Waals surface area contributed by atoms with Crippen LogP contribution in [0.5, 0.6) is 0 Å². The molecule has 1 saturated heterocycles. The van der Waals surface area contributed by atoms with E-state index in [0.717, 1.165) is 32.8 Å². The van der Waals surface area contributed by atoms with Crippen molar-refractivity contribution >= 4 is 18.3 Å². The first-order chi connectivity index (χ1) is 9.19. The molecule has 0 aliphatic carbocycles. The van der Waals surface area contributed by atoms with Crippen LogP contribution < -0.4 is 5.32 Å². The molecule has 0 radical (unpaired) electrons. The van der Waals surface area contributed by atoms with Gasteiger partial charge in [0.15, 0.2) is 0 Å². The zero-order valence-electron chi connectivity index (χ0n) is 13.2. The number of carbonyl (C=O) groups excluding carboxylic acids is 1. The highest BCUT2D eigenvalue weighted by Gasteiger charge is 2.23. The molecule has 0 spiro atoms. The third-order valence-corrected chi connectivity index (χ3v) is 4.13. The lowest BCUT2D eigenvalue weighted by Crippen LogP contribution is -2.37. The second-order valence-electron chi connectivity index (χ2n) is 5.44. The van der Waals surface area contributed by atoms with Crippen molar-refractivity contribution in [2.75, 3.05) is 39.4 Å². The van der Waals surface area contributed by atoms with Gasteiger partial charge in [-0.2, -0.15) is 0 Å². The summed E-state index contributed by atoms with van der Waals surface area (Å²) in [5, 5.41) is 3.38. The van der Waals surface area contributed by atoms with Gasteiger partial charge in [-0.25, -0.2) is 0 Å². The fourth-order valence-electron chi connectivity index (χ4n) is 2.76.